The van der Waals surface area contributed by atoms with Gasteiger partial charge in [-0.2, -0.15) is 0 Å². The third-order valence-corrected chi connectivity index (χ3v) is 8.17. The minimum Gasteiger partial charge on any atom is -0.365 e. The van der Waals surface area contributed by atoms with Crippen molar-refractivity contribution in [1.82, 2.24) is 0 Å². The van der Waals surface area contributed by atoms with Gasteiger partial charge in [0.05, 0.1) is 9.90 Å². The van der Waals surface area contributed by atoms with E-state index in [9.17, 15) is 13.2 Å². The first-order valence-electron chi connectivity index (χ1n) is 7.00. The second-order valence-corrected chi connectivity index (χ2v) is 10.3. The fourth-order valence-electron chi connectivity index (χ4n) is 2.70. The lowest BCUT2D eigenvalue weighted by molar-refractivity contribution is 0.100. The fraction of sp³-hybridized carbons (Fsp3) is 0.357. The molecule has 23 heavy (non-hydrogen) atoms. The summed E-state index contributed by atoms with van der Waals surface area (Å²) in [6.07, 6.45) is 2.56. The van der Waals surface area contributed by atoms with Crippen molar-refractivity contribution >= 4 is 55.2 Å². The smallest absolute Gasteiger partial charge is 0.272 e. The number of rotatable bonds is 4. The standard InChI is InChI=1S/C14H15ClN2O3S3/c1-7-2-3-8-9(6-7)21-14(12(8)13(16)18)17-23(19,20)11-5-4-10(15)22-11/h4-5,7,17H,2-3,6H2,1H3,(H2,16,18)/t7-/m1/s1. The van der Waals surface area contributed by atoms with Crippen molar-refractivity contribution in [2.45, 2.75) is 30.4 Å². The number of thiophene rings is 2. The van der Waals surface area contributed by atoms with Gasteiger partial charge in [-0.1, -0.05) is 18.5 Å². The molecule has 9 heteroatoms. The van der Waals surface area contributed by atoms with Crippen LogP contribution in [0.25, 0.3) is 0 Å². The van der Waals surface area contributed by atoms with Gasteiger partial charge in [-0.3, -0.25) is 9.52 Å². The van der Waals surface area contributed by atoms with Crippen molar-refractivity contribution in [3.63, 3.8) is 0 Å². The summed E-state index contributed by atoms with van der Waals surface area (Å²) in [6, 6.07) is 2.96. The molecule has 0 aromatic carbocycles. The van der Waals surface area contributed by atoms with Gasteiger partial charge < -0.3 is 5.73 Å². The summed E-state index contributed by atoms with van der Waals surface area (Å²) < 4.78 is 27.9. The molecule has 0 saturated heterocycles. The quantitative estimate of drug-likeness (QED) is 0.837. The van der Waals surface area contributed by atoms with E-state index in [0.717, 1.165) is 41.0 Å². The minimum atomic E-state index is -3.77. The Hall–Kier alpha value is -1.09. The Labute approximate surface area is 147 Å². The maximum absolute atomic E-state index is 12.5. The first-order chi connectivity index (χ1) is 10.8. The third kappa shape index (κ3) is 3.26. The SMILES string of the molecule is C[C@@H]1CCc2c(sc(NS(=O)(=O)c3ccc(Cl)s3)c2C(N)=O)C1. The molecule has 0 fully saturated rings. The molecule has 3 N–H and O–H groups in total. The second-order valence-electron chi connectivity index (χ2n) is 5.58. The molecule has 0 aliphatic heterocycles. The number of hydrogen-bond acceptors (Lipinski definition) is 5. The number of nitrogens with two attached hydrogens (primary N) is 1. The number of hydrogen-bond donors (Lipinski definition) is 2. The Morgan fingerprint density at radius 2 is 2.13 bits per heavy atom. The molecule has 1 aliphatic carbocycles. The number of halogens is 1. The third-order valence-electron chi connectivity index (χ3n) is 3.80. The van der Waals surface area contributed by atoms with Crippen LogP contribution in [-0.2, 0) is 22.9 Å². The fourth-order valence-corrected chi connectivity index (χ4v) is 6.90. The Kier molecular flexibility index (Phi) is 4.43. The molecule has 0 radical (unpaired) electrons. The second kappa shape index (κ2) is 6.08. The van der Waals surface area contributed by atoms with E-state index in [4.69, 9.17) is 17.3 Å². The van der Waals surface area contributed by atoms with Gasteiger partial charge in [0.15, 0.2) is 0 Å². The maximum Gasteiger partial charge on any atom is 0.272 e. The zero-order valence-corrected chi connectivity index (χ0v) is 15.5. The van der Waals surface area contributed by atoms with Crippen molar-refractivity contribution in [2.75, 3.05) is 4.72 Å². The highest BCUT2D eigenvalue weighted by molar-refractivity contribution is 7.95. The molecule has 0 spiro atoms. The monoisotopic (exact) mass is 390 g/mol. The van der Waals surface area contributed by atoms with Gasteiger partial charge in [0.1, 0.15) is 9.21 Å². The van der Waals surface area contributed by atoms with Gasteiger partial charge in [-0.05, 0) is 42.9 Å². The van der Waals surface area contributed by atoms with Crippen LogP contribution in [0.2, 0.25) is 4.34 Å². The van der Waals surface area contributed by atoms with E-state index >= 15 is 0 Å². The molecule has 1 amide bonds. The summed E-state index contributed by atoms with van der Waals surface area (Å²) >= 11 is 8.07. The van der Waals surface area contributed by atoms with Crippen LogP contribution in [0.5, 0.6) is 0 Å². The van der Waals surface area contributed by atoms with E-state index in [0.29, 0.717) is 20.8 Å². The van der Waals surface area contributed by atoms with E-state index in [1.165, 1.54) is 23.5 Å². The van der Waals surface area contributed by atoms with Crippen LogP contribution in [0.15, 0.2) is 16.3 Å². The lowest BCUT2D eigenvalue weighted by atomic mass is 9.88. The molecule has 124 valence electrons. The molecule has 5 nitrogen and oxygen atoms in total. The van der Waals surface area contributed by atoms with Crippen molar-refractivity contribution in [1.29, 1.82) is 0 Å². The van der Waals surface area contributed by atoms with Crippen LogP contribution in [0.3, 0.4) is 0 Å². The predicted molar refractivity (Wildman–Crippen MR) is 94.2 cm³/mol. The summed E-state index contributed by atoms with van der Waals surface area (Å²) in [7, 11) is -3.77. The largest absolute Gasteiger partial charge is 0.365 e. The molecule has 0 unspecified atom stereocenters. The summed E-state index contributed by atoms with van der Waals surface area (Å²) in [5.74, 6) is -0.0820. The average molecular weight is 391 g/mol. The van der Waals surface area contributed by atoms with Crippen LogP contribution in [0.1, 0.15) is 34.1 Å². The molecule has 2 aromatic heterocycles. The zero-order valence-electron chi connectivity index (χ0n) is 12.3. The molecule has 2 heterocycles. The van der Waals surface area contributed by atoms with Crippen LogP contribution in [0.4, 0.5) is 5.00 Å². The number of primary amides is 1. The normalized spacial score (nSPS) is 17.7. The van der Waals surface area contributed by atoms with Gasteiger partial charge in [-0.15, -0.1) is 22.7 Å². The van der Waals surface area contributed by atoms with E-state index < -0.39 is 15.9 Å². The molecule has 2 aromatic rings. The lowest BCUT2D eigenvalue weighted by Crippen LogP contribution is -2.19. The molecule has 1 atom stereocenters. The maximum atomic E-state index is 12.5. The Morgan fingerprint density at radius 1 is 1.39 bits per heavy atom. The Morgan fingerprint density at radius 3 is 2.74 bits per heavy atom. The average Bonchev–Trinajstić information content (AvgIpc) is 3.01. The predicted octanol–water partition coefficient (Wildman–Crippen LogP) is 3.49. The molecule has 3 rings (SSSR count). The number of nitrogens with one attached hydrogen (secondary N) is 1. The van der Waals surface area contributed by atoms with E-state index in [2.05, 4.69) is 11.6 Å². The highest BCUT2D eigenvalue weighted by atomic mass is 35.5. The first kappa shape index (κ1) is 16.8. The number of carbonyl (C=O) groups is 1. The molecule has 1 aliphatic rings. The minimum absolute atomic E-state index is 0.109. The molecular weight excluding hydrogens is 376 g/mol. The molecule has 0 saturated carbocycles. The van der Waals surface area contributed by atoms with E-state index in [-0.39, 0.29) is 4.21 Å². The van der Waals surface area contributed by atoms with Gasteiger partial charge in [0.2, 0.25) is 0 Å². The van der Waals surface area contributed by atoms with Crippen molar-refractivity contribution < 1.29 is 13.2 Å². The van der Waals surface area contributed by atoms with Gasteiger partial charge >= 0.3 is 0 Å². The van der Waals surface area contributed by atoms with Crippen molar-refractivity contribution in [2.24, 2.45) is 11.7 Å². The van der Waals surface area contributed by atoms with Crippen LogP contribution >= 0.6 is 34.3 Å². The highest BCUT2D eigenvalue weighted by Gasteiger charge is 2.29. The Bertz CT molecular complexity index is 870. The number of fused-ring (bicyclic) bond motifs is 1. The molecular formula is C14H15ClN2O3S3. The summed E-state index contributed by atoms with van der Waals surface area (Å²) in [6.45, 7) is 2.14. The Balaban J connectivity index is 2.02. The number of carbonyl (C=O) groups excluding carboxylic acids is 1. The number of amides is 1. The van der Waals surface area contributed by atoms with Gasteiger partial charge in [0.25, 0.3) is 15.9 Å². The van der Waals surface area contributed by atoms with Crippen molar-refractivity contribution in [3.05, 3.63) is 32.5 Å². The van der Waals surface area contributed by atoms with Gasteiger partial charge in [-0.25, -0.2) is 8.42 Å². The van der Waals surface area contributed by atoms with E-state index in [1.54, 1.807) is 0 Å². The topological polar surface area (TPSA) is 89.3 Å². The summed E-state index contributed by atoms with van der Waals surface area (Å²) in [5.41, 5.74) is 6.69. The van der Waals surface area contributed by atoms with E-state index in [1.807, 2.05) is 0 Å². The zero-order chi connectivity index (χ0) is 16.8. The first-order valence-corrected chi connectivity index (χ1v) is 10.5. The molecule has 0 bridgehead atoms. The van der Waals surface area contributed by atoms with Gasteiger partial charge in [0, 0.05) is 4.88 Å². The number of sulfonamides is 1. The van der Waals surface area contributed by atoms with Crippen molar-refractivity contribution in [3.8, 4) is 0 Å². The highest BCUT2D eigenvalue weighted by Crippen LogP contribution is 2.40. The van der Waals surface area contributed by atoms with Crippen LogP contribution < -0.4 is 10.5 Å². The summed E-state index contributed by atoms with van der Waals surface area (Å²) in [4.78, 5) is 12.9. The summed E-state index contributed by atoms with van der Waals surface area (Å²) in [5, 5.41) is 0.307. The number of anilines is 1. The van der Waals surface area contributed by atoms with Crippen LogP contribution in [-0.4, -0.2) is 14.3 Å². The van der Waals surface area contributed by atoms with Crippen LogP contribution in [0, 0.1) is 5.92 Å². The lowest BCUT2D eigenvalue weighted by Gasteiger charge is -2.18.